The Labute approximate surface area is 140 Å². The molecule has 1 saturated heterocycles. The number of cyclic esters (lactones) is 2. The highest BCUT2D eigenvalue weighted by molar-refractivity contribution is 5.93. The van der Waals surface area contributed by atoms with Crippen LogP contribution in [0.3, 0.4) is 0 Å². The fourth-order valence-electron chi connectivity index (χ4n) is 2.58. The number of hydrogen-bond acceptors (Lipinski definition) is 5. The number of ether oxygens (including phenoxy) is 2. The van der Waals surface area contributed by atoms with E-state index in [2.05, 4.69) is 18.4 Å². The van der Waals surface area contributed by atoms with Crippen molar-refractivity contribution >= 4 is 11.9 Å². The summed E-state index contributed by atoms with van der Waals surface area (Å²) >= 11 is 0. The Hall–Kier alpha value is -1.36. The number of rotatable bonds is 8. The smallest absolute Gasteiger partial charge is 0.334 e. The third-order valence-electron chi connectivity index (χ3n) is 4.04. The minimum absolute atomic E-state index is 0.0867. The first-order valence-electron chi connectivity index (χ1n) is 8.86. The summed E-state index contributed by atoms with van der Waals surface area (Å²) in [5, 5.41) is 0. The summed E-state index contributed by atoms with van der Waals surface area (Å²) in [5.74, 6) is -0.913. The summed E-state index contributed by atoms with van der Waals surface area (Å²) in [6.07, 6.45) is 8.78. The summed E-state index contributed by atoms with van der Waals surface area (Å²) < 4.78 is 10.3. The Bertz CT molecular complexity index is 381. The molecule has 0 radical (unpaired) electrons. The molecule has 5 heteroatoms. The minimum atomic E-state index is -0.500. The van der Waals surface area contributed by atoms with E-state index in [1.165, 1.54) is 38.5 Å². The van der Waals surface area contributed by atoms with Gasteiger partial charge in [0.1, 0.15) is 13.2 Å². The number of hydrogen-bond donors (Lipinski definition) is 0. The van der Waals surface area contributed by atoms with Crippen molar-refractivity contribution in [2.45, 2.75) is 58.3 Å². The first-order valence-corrected chi connectivity index (χ1v) is 8.86. The standard InChI is InChI=1S/C18H31NO4/c1-3-4-5-6-7-8-9-10-19-11-13-22-17(20)15-16(2)18(21)23-14-12-19/h2-15H2,1H3. The lowest BCUT2D eigenvalue weighted by molar-refractivity contribution is -0.145. The molecule has 5 nitrogen and oxygen atoms in total. The van der Waals surface area contributed by atoms with Gasteiger partial charge in [-0.15, -0.1) is 0 Å². The van der Waals surface area contributed by atoms with E-state index >= 15 is 0 Å². The molecule has 132 valence electrons. The van der Waals surface area contributed by atoms with Gasteiger partial charge in [0, 0.05) is 18.7 Å². The van der Waals surface area contributed by atoms with E-state index in [9.17, 15) is 9.59 Å². The van der Waals surface area contributed by atoms with E-state index in [0.717, 1.165) is 13.0 Å². The van der Waals surface area contributed by atoms with Gasteiger partial charge in [-0.3, -0.25) is 9.69 Å². The minimum Gasteiger partial charge on any atom is -0.464 e. The molecule has 1 heterocycles. The summed E-state index contributed by atoms with van der Waals surface area (Å²) in [6.45, 7) is 8.80. The normalized spacial score (nSPS) is 18.2. The maximum absolute atomic E-state index is 11.6. The molecule has 0 aliphatic carbocycles. The summed E-state index contributed by atoms with van der Waals surface area (Å²) in [5.41, 5.74) is 0.163. The lowest BCUT2D eigenvalue weighted by atomic mass is 10.1. The molecule has 1 rings (SSSR count). The van der Waals surface area contributed by atoms with Crippen LogP contribution in [0.25, 0.3) is 0 Å². The summed E-state index contributed by atoms with van der Waals surface area (Å²) in [4.78, 5) is 25.4. The van der Waals surface area contributed by atoms with Crippen LogP contribution in [0.5, 0.6) is 0 Å². The molecule has 0 atom stereocenters. The van der Waals surface area contributed by atoms with E-state index in [-0.39, 0.29) is 12.0 Å². The molecule has 0 saturated carbocycles. The zero-order valence-electron chi connectivity index (χ0n) is 14.5. The SMILES string of the molecule is C=C1CC(=O)OCCN(CCCCCCCCC)CCOC1=O. The van der Waals surface area contributed by atoms with Crippen LogP contribution in [0.2, 0.25) is 0 Å². The average molecular weight is 325 g/mol. The molecule has 23 heavy (non-hydrogen) atoms. The van der Waals surface area contributed by atoms with Gasteiger partial charge in [-0.2, -0.15) is 0 Å². The van der Waals surface area contributed by atoms with Gasteiger partial charge in [0.15, 0.2) is 0 Å². The largest absolute Gasteiger partial charge is 0.464 e. The molecular weight excluding hydrogens is 294 g/mol. The third kappa shape index (κ3) is 9.39. The first kappa shape index (κ1) is 19.7. The molecular formula is C18H31NO4. The molecule has 0 bridgehead atoms. The highest BCUT2D eigenvalue weighted by Gasteiger charge is 2.17. The summed E-state index contributed by atoms with van der Waals surface area (Å²) in [7, 11) is 0. The number of carbonyl (C=O) groups excluding carboxylic acids is 2. The van der Waals surface area contributed by atoms with Crippen LogP contribution >= 0.6 is 0 Å². The Morgan fingerprint density at radius 1 is 0.957 bits per heavy atom. The molecule has 0 unspecified atom stereocenters. The molecule has 0 aromatic heterocycles. The van der Waals surface area contributed by atoms with Gasteiger partial charge in [-0.1, -0.05) is 52.0 Å². The molecule has 1 aliphatic heterocycles. The monoisotopic (exact) mass is 325 g/mol. The highest BCUT2D eigenvalue weighted by Crippen LogP contribution is 2.09. The number of esters is 2. The Morgan fingerprint density at radius 2 is 1.57 bits per heavy atom. The second-order valence-electron chi connectivity index (χ2n) is 6.10. The van der Waals surface area contributed by atoms with Crippen LogP contribution in [-0.2, 0) is 19.1 Å². The fourth-order valence-corrected chi connectivity index (χ4v) is 2.58. The Balaban J connectivity index is 2.26. The molecule has 1 fully saturated rings. The van der Waals surface area contributed by atoms with Gasteiger partial charge < -0.3 is 9.47 Å². The van der Waals surface area contributed by atoms with Gasteiger partial charge in [0.25, 0.3) is 0 Å². The van der Waals surface area contributed by atoms with Crippen molar-refractivity contribution < 1.29 is 19.1 Å². The van der Waals surface area contributed by atoms with E-state index in [0.29, 0.717) is 26.3 Å². The van der Waals surface area contributed by atoms with Crippen molar-refractivity contribution in [2.75, 3.05) is 32.8 Å². The summed E-state index contributed by atoms with van der Waals surface area (Å²) in [6, 6.07) is 0. The Morgan fingerprint density at radius 3 is 2.26 bits per heavy atom. The van der Waals surface area contributed by atoms with Crippen LogP contribution in [0.4, 0.5) is 0 Å². The molecule has 0 amide bonds. The van der Waals surface area contributed by atoms with Crippen molar-refractivity contribution in [1.29, 1.82) is 0 Å². The van der Waals surface area contributed by atoms with Gasteiger partial charge in [-0.25, -0.2) is 4.79 Å². The molecule has 0 spiro atoms. The number of nitrogens with zero attached hydrogens (tertiary/aromatic N) is 1. The van der Waals surface area contributed by atoms with E-state index in [1.807, 2.05) is 0 Å². The highest BCUT2D eigenvalue weighted by atomic mass is 16.5. The second kappa shape index (κ2) is 12.1. The van der Waals surface area contributed by atoms with Gasteiger partial charge in [0.2, 0.25) is 0 Å². The van der Waals surface area contributed by atoms with Crippen molar-refractivity contribution in [3.63, 3.8) is 0 Å². The van der Waals surface area contributed by atoms with E-state index < -0.39 is 11.9 Å². The Kier molecular flexibility index (Phi) is 10.4. The maximum atomic E-state index is 11.6. The van der Waals surface area contributed by atoms with Crippen molar-refractivity contribution in [3.8, 4) is 0 Å². The zero-order chi connectivity index (χ0) is 16.9. The quantitative estimate of drug-likeness (QED) is 0.390. The lowest BCUT2D eigenvalue weighted by Crippen LogP contribution is -2.32. The van der Waals surface area contributed by atoms with Crippen LogP contribution in [-0.4, -0.2) is 49.7 Å². The van der Waals surface area contributed by atoms with Crippen molar-refractivity contribution in [3.05, 3.63) is 12.2 Å². The molecule has 0 aromatic carbocycles. The van der Waals surface area contributed by atoms with Crippen molar-refractivity contribution in [1.82, 2.24) is 4.90 Å². The van der Waals surface area contributed by atoms with Gasteiger partial charge >= 0.3 is 11.9 Å². The molecule has 0 aromatic rings. The second-order valence-corrected chi connectivity index (χ2v) is 6.10. The van der Waals surface area contributed by atoms with Gasteiger partial charge in [0.05, 0.1) is 6.42 Å². The number of unbranched alkanes of at least 4 members (excludes halogenated alkanes) is 6. The van der Waals surface area contributed by atoms with Crippen molar-refractivity contribution in [2.24, 2.45) is 0 Å². The van der Waals surface area contributed by atoms with Crippen LogP contribution in [0.1, 0.15) is 58.3 Å². The number of carbonyl (C=O) groups is 2. The fraction of sp³-hybridized carbons (Fsp3) is 0.778. The maximum Gasteiger partial charge on any atom is 0.334 e. The topological polar surface area (TPSA) is 55.8 Å². The van der Waals surface area contributed by atoms with Gasteiger partial charge in [-0.05, 0) is 13.0 Å². The van der Waals surface area contributed by atoms with E-state index in [1.54, 1.807) is 0 Å². The third-order valence-corrected chi connectivity index (χ3v) is 4.04. The van der Waals surface area contributed by atoms with E-state index in [4.69, 9.17) is 9.47 Å². The van der Waals surface area contributed by atoms with Crippen LogP contribution in [0, 0.1) is 0 Å². The average Bonchev–Trinajstić information content (AvgIpc) is 2.54. The first-order chi connectivity index (χ1) is 11.1. The molecule has 0 N–H and O–H groups in total. The van der Waals surface area contributed by atoms with Crippen LogP contribution in [0.15, 0.2) is 12.2 Å². The zero-order valence-corrected chi connectivity index (χ0v) is 14.5. The molecule has 1 aliphatic rings. The lowest BCUT2D eigenvalue weighted by Gasteiger charge is -2.21. The van der Waals surface area contributed by atoms with Crippen LogP contribution < -0.4 is 0 Å². The predicted octanol–water partition coefficient (Wildman–Crippen LogP) is 3.09. The predicted molar refractivity (Wildman–Crippen MR) is 90.1 cm³/mol.